The monoisotopic (exact) mass is 512 g/mol. The van der Waals surface area contributed by atoms with Crippen LogP contribution < -0.4 is 0 Å². The standard InChI is InChI=1S/C30H56O6/c1-7-13-16-24(10-4)21-34-28(31)19-27(30(33)36-23-26(12-6)18-15-9-3)20-29(32)35-22-25(11-5)17-14-8-2/h24-27H,7-23H2,1-6H3/t24-,25-,26-/m0/s1. The Hall–Kier alpha value is -1.59. The molecule has 0 aromatic carbocycles. The van der Waals surface area contributed by atoms with Crippen molar-refractivity contribution in [3.05, 3.63) is 0 Å². The van der Waals surface area contributed by atoms with Gasteiger partial charge in [0.05, 0.1) is 38.6 Å². The summed E-state index contributed by atoms with van der Waals surface area (Å²) in [6.45, 7) is 13.7. The first-order valence-corrected chi connectivity index (χ1v) is 14.8. The molecule has 3 atom stereocenters. The maximum Gasteiger partial charge on any atom is 0.310 e. The summed E-state index contributed by atoms with van der Waals surface area (Å²) >= 11 is 0. The van der Waals surface area contributed by atoms with Crippen LogP contribution in [-0.2, 0) is 28.6 Å². The molecule has 0 N–H and O–H groups in total. The molecule has 6 heteroatoms. The van der Waals surface area contributed by atoms with Gasteiger partial charge in [0.25, 0.3) is 0 Å². The van der Waals surface area contributed by atoms with Crippen LogP contribution in [0.15, 0.2) is 0 Å². The topological polar surface area (TPSA) is 78.9 Å². The minimum atomic E-state index is -0.875. The second-order valence-electron chi connectivity index (χ2n) is 10.4. The Bertz CT molecular complexity index is 542. The molecule has 0 bridgehead atoms. The Labute approximate surface area is 221 Å². The summed E-state index contributed by atoms with van der Waals surface area (Å²) in [5.41, 5.74) is 0. The van der Waals surface area contributed by atoms with Crippen molar-refractivity contribution in [3.63, 3.8) is 0 Å². The molecular formula is C30H56O6. The molecule has 0 fully saturated rings. The summed E-state index contributed by atoms with van der Waals surface area (Å²) < 4.78 is 16.6. The quantitative estimate of drug-likeness (QED) is 0.103. The van der Waals surface area contributed by atoms with Crippen molar-refractivity contribution >= 4 is 17.9 Å². The first-order valence-electron chi connectivity index (χ1n) is 14.8. The number of carbonyl (C=O) groups is 3. The van der Waals surface area contributed by atoms with Gasteiger partial charge in [0.2, 0.25) is 0 Å². The van der Waals surface area contributed by atoms with Crippen molar-refractivity contribution in [2.24, 2.45) is 23.7 Å². The molecule has 0 rings (SSSR count). The number of rotatable bonds is 23. The van der Waals surface area contributed by atoms with Crippen LogP contribution in [0.25, 0.3) is 0 Å². The van der Waals surface area contributed by atoms with Gasteiger partial charge in [-0.3, -0.25) is 14.4 Å². The fourth-order valence-corrected chi connectivity index (χ4v) is 4.19. The molecule has 0 heterocycles. The molecule has 212 valence electrons. The van der Waals surface area contributed by atoms with Crippen LogP contribution in [0.4, 0.5) is 0 Å². The molecule has 0 saturated carbocycles. The molecule has 0 amide bonds. The van der Waals surface area contributed by atoms with E-state index in [4.69, 9.17) is 14.2 Å². The van der Waals surface area contributed by atoms with Gasteiger partial charge in [-0.2, -0.15) is 0 Å². The third kappa shape index (κ3) is 17.0. The Kier molecular flexibility index (Phi) is 21.6. The van der Waals surface area contributed by atoms with Crippen molar-refractivity contribution in [2.75, 3.05) is 19.8 Å². The molecule has 0 spiro atoms. The predicted octanol–water partition coefficient (Wildman–Crippen LogP) is 7.66. The molecule has 0 aliphatic heterocycles. The number of esters is 3. The second-order valence-corrected chi connectivity index (χ2v) is 10.4. The van der Waals surface area contributed by atoms with E-state index in [1.54, 1.807) is 0 Å². The first-order chi connectivity index (χ1) is 17.3. The van der Waals surface area contributed by atoms with Crippen LogP contribution in [0, 0.1) is 23.7 Å². The van der Waals surface area contributed by atoms with E-state index in [1.165, 1.54) is 0 Å². The number of carbonyl (C=O) groups excluding carboxylic acids is 3. The van der Waals surface area contributed by atoms with Gasteiger partial charge in [-0.15, -0.1) is 0 Å². The van der Waals surface area contributed by atoms with Crippen molar-refractivity contribution in [1.82, 2.24) is 0 Å². The van der Waals surface area contributed by atoms with Crippen LogP contribution in [0.5, 0.6) is 0 Å². The summed E-state index contributed by atoms with van der Waals surface area (Å²) in [7, 11) is 0. The molecular weight excluding hydrogens is 456 g/mol. The van der Waals surface area contributed by atoms with E-state index in [2.05, 4.69) is 41.5 Å². The third-order valence-electron chi connectivity index (χ3n) is 7.21. The van der Waals surface area contributed by atoms with Crippen LogP contribution in [0.3, 0.4) is 0 Å². The van der Waals surface area contributed by atoms with Gasteiger partial charge < -0.3 is 14.2 Å². The minimum absolute atomic E-state index is 0.156. The molecule has 6 nitrogen and oxygen atoms in total. The average Bonchev–Trinajstić information content (AvgIpc) is 2.88. The highest BCUT2D eigenvalue weighted by molar-refractivity contribution is 5.84. The van der Waals surface area contributed by atoms with Crippen molar-refractivity contribution < 1.29 is 28.6 Å². The zero-order chi connectivity index (χ0) is 27.2. The van der Waals surface area contributed by atoms with Gasteiger partial charge >= 0.3 is 17.9 Å². The zero-order valence-corrected chi connectivity index (χ0v) is 24.3. The number of ether oxygens (including phenoxy) is 3. The van der Waals surface area contributed by atoms with Crippen LogP contribution in [0.2, 0.25) is 0 Å². The highest BCUT2D eigenvalue weighted by Crippen LogP contribution is 2.20. The van der Waals surface area contributed by atoms with E-state index in [1.807, 2.05) is 0 Å². The summed E-state index contributed by atoms with van der Waals surface area (Å²) in [5, 5.41) is 0. The Morgan fingerprint density at radius 3 is 1.17 bits per heavy atom. The average molecular weight is 513 g/mol. The number of unbranched alkanes of at least 4 members (excludes halogenated alkanes) is 3. The lowest BCUT2D eigenvalue weighted by Gasteiger charge is -2.20. The highest BCUT2D eigenvalue weighted by Gasteiger charge is 2.29. The molecule has 0 saturated heterocycles. The fraction of sp³-hybridized carbons (Fsp3) is 0.900. The molecule has 36 heavy (non-hydrogen) atoms. The van der Waals surface area contributed by atoms with Crippen molar-refractivity contribution in [3.8, 4) is 0 Å². The summed E-state index contributed by atoms with van der Waals surface area (Å²) in [5.74, 6) is -1.35. The van der Waals surface area contributed by atoms with Crippen molar-refractivity contribution in [2.45, 2.75) is 131 Å². The molecule has 0 aliphatic rings. The lowest BCUT2D eigenvalue weighted by atomic mass is 9.99. The highest BCUT2D eigenvalue weighted by atomic mass is 16.5. The Morgan fingerprint density at radius 2 is 0.861 bits per heavy atom. The lowest BCUT2D eigenvalue weighted by molar-refractivity contribution is -0.161. The van der Waals surface area contributed by atoms with Gasteiger partial charge in [0.15, 0.2) is 0 Å². The van der Waals surface area contributed by atoms with Gasteiger partial charge in [0, 0.05) is 0 Å². The van der Waals surface area contributed by atoms with E-state index < -0.39 is 23.8 Å². The Balaban J connectivity index is 5.05. The van der Waals surface area contributed by atoms with Gasteiger partial charge in [0.1, 0.15) is 0 Å². The zero-order valence-electron chi connectivity index (χ0n) is 24.3. The van der Waals surface area contributed by atoms with Gasteiger partial charge in [-0.1, -0.05) is 99.3 Å². The normalized spacial score (nSPS) is 13.8. The predicted molar refractivity (Wildman–Crippen MR) is 146 cm³/mol. The molecule has 0 unspecified atom stereocenters. The summed E-state index contributed by atoms with van der Waals surface area (Å²) in [6, 6.07) is 0. The Morgan fingerprint density at radius 1 is 0.528 bits per heavy atom. The van der Waals surface area contributed by atoms with E-state index in [-0.39, 0.29) is 12.8 Å². The largest absolute Gasteiger partial charge is 0.465 e. The van der Waals surface area contributed by atoms with Crippen LogP contribution in [0.1, 0.15) is 131 Å². The second kappa shape index (κ2) is 22.6. The van der Waals surface area contributed by atoms with E-state index in [0.717, 1.165) is 77.0 Å². The van der Waals surface area contributed by atoms with E-state index in [0.29, 0.717) is 37.6 Å². The van der Waals surface area contributed by atoms with Gasteiger partial charge in [-0.25, -0.2) is 0 Å². The van der Waals surface area contributed by atoms with Gasteiger partial charge in [-0.05, 0) is 37.0 Å². The maximum atomic E-state index is 12.9. The number of hydrogen-bond acceptors (Lipinski definition) is 6. The molecule has 0 aliphatic carbocycles. The molecule has 0 radical (unpaired) electrons. The lowest BCUT2D eigenvalue weighted by Crippen LogP contribution is -2.28. The minimum Gasteiger partial charge on any atom is -0.465 e. The maximum absolute atomic E-state index is 12.9. The van der Waals surface area contributed by atoms with Crippen LogP contribution in [-0.4, -0.2) is 37.7 Å². The van der Waals surface area contributed by atoms with E-state index >= 15 is 0 Å². The number of hydrogen-bond donors (Lipinski definition) is 0. The molecule has 0 aromatic heterocycles. The smallest absolute Gasteiger partial charge is 0.310 e. The van der Waals surface area contributed by atoms with Crippen LogP contribution >= 0.6 is 0 Å². The van der Waals surface area contributed by atoms with E-state index in [9.17, 15) is 14.4 Å². The molecule has 0 aromatic rings. The first kappa shape index (κ1) is 34.4. The fourth-order valence-electron chi connectivity index (χ4n) is 4.19. The SMILES string of the molecule is CCCC[C@H](CC)COC(=O)CC(CC(=O)OC[C@@H](CC)CCCC)C(=O)OC[C@@H](CC)CCCC. The third-order valence-corrected chi connectivity index (χ3v) is 7.21. The summed E-state index contributed by atoms with van der Waals surface area (Å²) in [4.78, 5) is 38.2. The van der Waals surface area contributed by atoms with Crippen molar-refractivity contribution in [1.29, 1.82) is 0 Å². The summed E-state index contributed by atoms with van der Waals surface area (Å²) in [6.07, 6.45) is 12.1.